The van der Waals surface area contributed by atoms with Gasteiger partial charge in [0.1, 0.15) is 17.6 Å². The van der Waals surface area contributed by atoms with Crippen molar-refractivity contribution in [1.82, 2.24) is 0 Å². The summed E-state index contributed by atoms with van der Waals surface area (Å²) in [6, 6.07) is 13.6. The lowest BCUT2D eigenvalue weighted by Gasteiger charge is -2.11. The minimum Gasteiger partial charge on any atom is -0.456 e. The summed E-state index contributed by atoms with van der Waals surface area (Å²) in [5.74, 6) is 1.34. The Hall–Kier alpha value is -1.31. The zero-order valence-corrected chi connectivity index (χ0v) is 13.5. The van der Waals surface area contributed by atoms with E-state index >= 15 is 0 Å². The smallest absolute Gasteiger partial charge is 0.145 e. The molecule has 0 aromatic heterocycles. The van der Waals surface area contributed by atoms with E-state index in [0.717, 1.165) is 26.7 Å². The molecule has 2 aromatic rings. The summed E-state index contributed by atoms with van der Waals surface area (Å²) in [6.45, 7) is 1.97. The van der Waals surface area contributed by atoms with Crippen LogP contribution in [0.5, 0.6) is 11.5 Å². The van der Waals surface area contributed by atoms with E-state index in [2.05, 4.69) is 37.9 Å². The van der Waals surface area contributed by atoms with Crippen molar-refractivity contribution < 1.29 is 4.74 Å². The van der Waals surface area contributed by atoms with Gasteiger partial charge in [0.2, 0.25) is 0 Å². The van der Waals surface area contributed by atoms with Crippen molar-refractivity contribution >= 4 is 31.9 Å². The highest BCUT2D eigenvalue weighted by molar-refractivity contribution is 9.10. The molecule has 0 N–H and O–H groups in total. The number of benzene rings is 2. The SMILES string of the molecule is Cc1cc(Br)ccc1Oc1ccc(CBr)cc1C#N. The van der Waals surface area contributed by atoms with Gasteiger partial charge in [0, 0.05) is 9.80 Å². The fourth-order valence-corrected chi connectivity index (χ4v) is 2.51. The van der Waals surface area contributed by atoms with Crippen LogP contribution < -0.4 is 4.74 Å². The van der Waals surface area contributed by atoms with Crippen LogP contribution in [0.2, 0.25) is 0 Å². The second kappa shape index (κ2) is 6.23. The molecule has 2 nitrogen and oxygen atoms in total. The van der Waals surface area contributed by atoms with Gasteiger partial charge in [-0.25, -0.2) is 0 Å². The van der Waals surface area contributed by atoms with E-state index in [1.807, 2.05) is 43.3 Å². The maximum Gasteiger partial charge on any atom is 0.145 e. The van der Waals surface area contributed by atoms with E-state index in [0.29, 0.717) is 11.3 Å². The second-order valence-electron chi connectivity index (χ2n) is 4.09. The van der Waals surface area contributed by atoms with E-state index in [1.165, 1.54) is 0 Å². The third-order valence-electron chi connectivity index (χ3n) is 2.68. The van der Waals surface area contributed by atoms with Crippen LogP contribution in [0.15, 0.2) is 40.9 Å². The van der Waals surface area contributed by atoms with Crippen LogP contribution >= 0.6 is 31.9 Å². The average molecular weight is 381 g/mol. The quantitative estimate of drug-likeness (QED) is 0.675. The van der Waals surface area contributed by atoms with Crippen molar-refractivity contribution in [2.45, 2.75) is 12.3 Å². The molecule has 0 unspecified atom stereocenters. The Morgan fingerprint density at radius 3 is 2.53 bits per heavy atom. The number of rotatable bonds is 3. The molecule has 0 heterocycles. The molecule has 96 valence electrons. The van der Waals surface area contributed by atoms with Gasteiger partial charge in [-0.15, -0.1) is 0 Å². The third-order valence-corrected chi connectivity index (χ3v) is 3.82. The van der Waals surface area contributed by atoms with Crippen molar-refractivity contribution in [2.24, 2.45) is 0 Å². The maximum absolute atomic E-state index is 9.18. The number of nitrogens with zero attached hydrogens (tertiary/aromatic N) is 1. The number of hydrogen-bond donors (Lipinski definition) is 0. The molecule has 0 atom stereocenters. The Morgan fingerprint density at radius 1 is 1.16 bits per heavy atom. The van der Waals surface area contributed by atoms with Gasteiger partial charge >= 0.3 is 0 Å². The summed E-state index contributed by atoms with van der Waals surface area (Å²) in [5.41, 5.74) is 2.61. The Balaban J connectivity index is 2.35. The van der Waals surface area contributed by atoms with Gasteiger partial charge in [-0.1, -0.05) is 37.9 Å². The van der Waals surface area contributed by atoms with Gasteiger partial charge in [-0.2, -0.15) is 5.26 Å². The fraction of sp³-hybridized carbons (Fsp3) is 0.133. The minimum atomic E-state index is 0.541. The first-order valence-electron chi connectivity index (χ1n) is 5.67. The zero-order valence-electron chi connectivity index (χ0n) is 10.3. The number of hydrogen-bond acceptors (Lipinski definition) is 2. The Labute approximate surface area is 129 Å². The van der Waals surface area contributed by atoms with Gasteiger partial charge < -0.3 is 4.74 Å². The molecule has 0 bridgehead atoms. The van der Waals surface area contributed by atoms with Gasteiger partial charge in [0.15, 0.2) is 0 Å². The van der Waals surface area contributed by atoms with Crippen LogP contribution in [0.3, 0.4) is 0 Å². The van der Waals surface area contributed by atoms with Crippen LogP contribution in [0.25, 0.3) is 0 Å². The van der Waals surface area contributed by atoms with Gasteiger partial charge in [0.25, 0.3) is 0 Å². The predicted molar refractivity (Wildman–Crippen MR) is 82.7 cm³/mol. The van der Waals surface area contributed by atoms with E-state index < -0.39 is 0 Å². The van der Waals surface area contributed by atoms with Gasteiger partial charge in [-0.3, -0.25) is 0 Å². The van der Waals surface area contributed by atoms with Crippen LogP contribution in [0.1, 0.15) is 16.7 Å². The summed E-state index contributed by atoms with van der Waals surface area (Å²) in [5, 5.41) is 9.90. The molecule has 0 fully saturated rings. The van der Waals surface area contributed by atoms with Crippen molar-refractivity contribution in [3.63, 3.8) is 0 Å². The summed E-state index contributed by atoms with van der Waals surface area (Å²) >= 11 is 6.79. The van der Waals surface area contributed by atoms with Crippen LogP contribution in [0.4, 0.5) is 0 Å². The van der Waals surface area contributed by atoms with Crippen LogP contribution in [0, 0.1) is 18.3 Å². The first kappa shape index (κ1) is 14.1. The van der Waals surface area contributed by atoms with E-state index in [4.69, 9.17) is 4.74 Å². The molecule has 0 saturated heterocycles. The monoisotopic (exact) mass is 379 g/mol. The molecule has 2 rings (SSSR count). The molecule has 0 aliphatic rings. The van der Waals surface area contributed by atoms with Gasteiger partial charge in [-0.05, 0) is 48.4 Å². The number of nitriles is 1. The molecular weight excluding hydrogens is 370 g/mol. The maximum atomic E-state index is 9.18. The summed E-state index contributed by atoms with van der Waals surface area (Å²) in [4.78, 5) is 0. The number of halogens is 2. The van der Waals surface area contributed by atoms with Crippen LogP contribution in [-0.2, 0) is 5.33 Å². The molecule has 4 heteroatoms. The van der Waals surface area contributed by atoms with Crippen molar-refractivity contribution in [3.05, 3.63) is 57.6 Å². The lowest BCUT2D eigenvalue weighted by atomic mass is 10.1. The average Bonchev–Trinajstić information content (AvgIpc) is 2.42. The second-order valence-corrected chi connectivity index (χ2v) is 5.56. The van der Waals surface area contributed by atoms with E-state index in [-0.39, 0.29) is 0 Å². The Bertz CT molecular complexity index is 647. The third kappa shape index (κ3) is 3.37. The molecule has 0 amide bonds. The molecule has 0 saturated carbocycles. The highest BCUT2D eigenvalue weighted by Crippen LogP contribution is 2.30. The molecule has 0 aliphatic heterocycles. The summed E-state index contributed by atoms with van der Waals surface area (Å²) in [7, 11) is 0. The number of alkyl halides is 1. The first-order valence-corrected chi connectivity index (χ1v) is 7.58. The lowest BCUT2D eigenvalue weighted by molar-refractivity contribution is 0.477. The molecule has 0 aliphatic carbocycles. The van der Waals surface area contributed by atoms with Crippen LogP contribution in [-0.4, -0.2) is 0 Å². The van der Waals surface area contributed by atoms with E-state index in [1.54, 1.807) is 0 Å². The highest BCUT2D eigenvalue weighted by atomic mass is 79.9. The number of aryl methyl sites for hydroxylation is 1. The minimum absolute atomic E-state index is 0.541. The fourth-order valence-electron chi connectivity index (χ4n) is 1.68. The highest BCUT2D eigenvalue weighted by Gasteiger charge is 2.08. The predicted octanol–water partition coefficient (Wildman–Crippen LogP) is 5.32. The van der Waals surface area contributed by atoms with E-state index in [9.17, 15) is 5.26 Å². The zero-order chi connectivity index (χ0) is 13.8. The van der Waals surface area contributed by atoms with Crippen molar-refractivity contribution in [2.75, 3.05) is 0 Å². The Kier molecular flexibility index (Phi) is 4.62. The lowest BCUT2D eigenvalue weighted by Crippen LogP contribution is -1.92. The summed E-state index contributed by atoms with van der Waals surface area (Å²) < 4.78 is 6.83. The molecule has 0 spiro atoms. The summed E-state index contributed by atoms with van der Waals surface area (Å²) in [6.07, 6.45) is 0. The van der Waals surface area contributed by atoms with Crippen molar-refractivity contribution in [1.29, 1.82) is 5.26 Å². The largest absolute Gasteiger partial charge is 0.456 e. The topological polar surface area (TPSA) is 33.0 Å². The molecule has 0 radical (unpaired) electrons. The first-order chi connectivity index (χ1) is 9.13. The molecule has 19 heavy (non-hydrogen) atoms. The number of ether oxygens (including phenoxy) is 1. The van der Waals surface area contributed by atoms with Crippen molar-refractivity contribution in [3.8, 4) is 17.6 Å². The normalized spacial score (nSPS) is 10.0. The molecule has 2 aromatic carbocycles. The van der Waals surface area contributed by atoms with Gasteiger partial charge in [0.05, 0.1) is 5.56 Å². The standard InChI is InChI=1S/C15H11Br2NO/c1-10-6-13(17)3-5-14(10)19-15-4-2-11(8-16)7-12(15)9-18/h2-7H,8H2,1H3. The Morgan fingerprint density at radius 2 is 1.89 bits per heavy atom. The molecular formula is C15H11Br2NO.